The predicted octanol–water partition coefficient (Wildman–Crippen LogP) is 3.05. The van der Waals surface area contributed by atoms with Gasteiger partial charge in [0.05, 0.1) is 37.2 Å². The number of benzene rings is 2. The van der Waals surface area contributed by atoms with Crippen molar-refractivity contribution in [1.29, 1.82) is 0 Å². The molecule has 0 radical (unpaired) electrons. The molecule has 1 saturated heterocycles. The van der Waals surface area contributed by atoms with Crippen LogP contribution in [0.5, 0.6) is 5.75 Å². The fourth-order valence-electron chi connectivity index (χ4n) is 3.47. The maximum atomic E-state index is 12.6. The van der Waals surface area contributed by atoms with Crippen molar-refractivity contribution in [2.75, 3.05) is 43.1 Å². The van der Waals surface area contributed by atoms with Crippen molar-refractivity contribution >= 4 is 23.2 Å². The summed E-state index contributed by atoms with van der Waals surface area (Å²) < 4.78 is 11.1. The number of nitrogens with one attached hydrogen (secondary N) is 2. The monoisotopic (exact) mass is 411 g/mol. The number of para-hydroxylation sites is 2. The van der Waals surface area contributed by atoms with Crippen LogP contribution in [0.1, 0.15) is 31.0 Å². The summed E-state index contributed by atoms with van der Waals surface area (Å²) in [6.45, 7) is 9.00. The molecule has 3 rings (SSSR count). The standard InChI is InChI=1S/C23H29N3O4/c1-4-30-21-10-9-16(2)15-18(21)17(3)24-22(27)23(28)25-19-7-5-6-8-20(19)26-11-13-29-14-12-26/h5-10,15,17H,4,11-14H2,1-3H3,(H,24,27)(H,25,28). The van der Waals surface area contributed by atoms with Gasteiger partial charge in [0, 0.05) is 18.7 Å². The second kappa shape index (κ2) is 10.1. The number of ether oxygens (including phenoxy) is 2. The first-order valence-electron chi connectivity index (χ1n) is 10.3. The second-order valence-electron chi connectivity index (χ2n) is 7.24. The number of rotatable bonds is 6. The second-order valence-corrected chi connectivity index (χ2v) is 7.24. The molecule has 1 aliphatic rings. The summed E-state index contributed by atoms with van der Waals surface area (Å²) >= 11 is 0. The molecule has 2 aromatic carbocycles. The van der Waals surface area contributed by atoms with E-state index in [9.17, 15) is 9.59 Å². The van der Waals surface area contributed by atoms with Crippen molar-refractivity contribution in [3.05, 3.63) is 53.6 Å². The number of carbonyl (C=O) groups excluding carboxylic acids is 2. The molecule has 1 heterocycles. The van der Waals surface area contributed by atoms with Crippen LogP contribution in [0.25, 0.3) is 0 Å². The van der Waals surface area contributed by atoms with Crippen molar-refractivity contribution in [2.45, 2.75) is 26.8 Å². The summed E-state index contributed by atoms with van der Waals surface area (Å²) in [5.41, 5.74) is 3.38. The molecule has 160 valence electrons. The number of hydrogen-bond acceptors (Lipinski definition) is 5. The van der Waals surface area contributed by atoms with Gasteiger partial charge in [-0.2, -0.15) is 0 Å². The Kier molecular flexibility index (Phi) is 7.30. The van der Waals surface area contributed by atoms with E-state index in [4.69, 9.17) is 9.47 Å². The Morgan fingerprint density at radius 3 is 2.60 bits per heavy atom. The molecule has 0 spiro atoms. The first kappa shape index (κ1) is 21.6. The van der Waals surface area contributed by atoms with E-state index < -0.39 is 11.8 Å². The summed E-state index contributed by atoms with van der Waals surface area (Å²) in [5, 5.41) is 5.53. The molecule has 1 fully saturated rings. The Hall–Kier alpha value is -3.06. The number of carbonyl (C=O) groups is 2. The van der Waals surface area contributed by atoms with Gasteiger partial charge in [-0.25, -0.2) is 0 Å². The molecule has 30 heavy (non-hydrogen) atoms. The quantitative estimate of drug-likeness (QED) is 0.715. The van der Waals surface area contributed by atoms with Crippen molar-refractivity contribution in [1.82, 2.24) is 5.32 Å². The summed E-state index contributed by atoms with van der Waals surface area (Å²) in [6, 6.07) is 12.9. The number of aryl methyl sites for hydroxylation is 1. The van der Waals surface area contributed by atoms with Crippen molar-refractivity contribution in [3.63, 3.8) is 0 Å². The smallest absolute Gasteiger partial charge is 0.313 e. The average molecular weight is 412 g/mol. The van der Waals surface area contributed by atoms with Gasteiger partial charge in [-0.15, -0.1) is 0 Å². The van der Waals surface area contributed by atoms with Gasteiger partial charge in [0.1, 0.15) is 5.75 Å². The topological polar surface area (TPSA) is 79.9 Å². The summed E-state index contributed by atoms with van der Waals surface area (Å²) in [4.78, 5) is 27.3. The molecule has 1 aliphatic heterocycles. The molecule has 0 saturated carbocycles. The van der Waals surface area contributed by atoms with Gasteiger partial charge in [-0.3, -0.25) is 9.59 Å². The Balaban J connectivity index is 1.69. The van der Waals surface area contributed by atoms with Crippen LogP contribution >= 0.6 is 0 Å². The van der Waals surface area contributed by atoms with Crippen molar-refractivity contribution in [2.24, 2.45) is 0 Å². The highest BCUT2D eigenvalue weighted by molar-refractivity contribution is 6.40. The van der Waals surface area contributed by atoms with E-state index in [2.05, 4.69) is 15.5 Å². The number of morpholine rings is 1. The Labute approximate surface area is 177 Å². The van der Waals surface area contributed by atoms with Crippen LogP contribution in [0.3, 0.4) is 0 Å². The molecule has 1 atom stereocenters. The molecule has 2 aromatic rings. The lowest BCUT2D eigenvalue weighted by Gasteiger charge is -2.30. The summed E-state index contributed by atoms with van der Waals surface area (Å²) in [6.07, 6.45) is 0. The first-order valence-corrected chi connectivity index (χ1v) is 10.3. The van der Waals surface area contributed by atoms with Crippen LogP contribution in [-0.2, 0) is 14.3 Å². The van der Waals surface area contributed by atoms with Gasteiger partial charge in [0.2, 0.25) is 0 Å². The third kappa shape index (κ3) is 5.30. The Morgan fingerprint density at radius 2 is 1.87 bits per heavy atom. The van der Waals surface area contributed by atoms with Gasteiger partial charge in [-0.1, -0.05) is 29.8 Å². The van der Waals surface area contributed by atoms with E-state index in [0.717, 1.165) is 29.9 Å². The largest absolute Gasteiger partial charge is 0.494 e. The van der Waals surface area contributed by atoms with E-state index >= 15 is 0 Å². The minimum atomic E-state index is -0.701. The lowest BCUT2D eigenvalue weighted by molar-refractivity contribution is -0.136. The van der Waals surface area contributed by atoms with Gasteiger partial charge >= 0.3 is 11.8 Å². The van der Waals surface area contributed by atoms with E-state index in [1.54, 1.807) is 6.07 Å². The Bertz CT molecular complexity index is 894. The van der Waals surface area contributed by atoms with Crippen molar-refractivity contribution in [3.8, 4) is 5.75 Å². The minimum Gasteiger partial charge on any atom is -0.494 e. The zero-order valence-corrected chi connectivity index (χ0v) is 17.7. The molecule has 1 unspecified atom stereocenters. The third-order valence-electron chi connectivity index (χ3n) is 4.99. The van der Waals surface area contributed by atoms with Crippen LogP contribution in [0.2, 0.25) is 0 Å². The lowest BCUT2D eigenvalue weighted by atomic mass is 10.0. The molecular weight excluding hydrogens is 382 g/mol. The van der Waals surface area contributed by atoms with Crippen LogP contribution in [-0.4, -0.2) is 44.7 Å². The maximum Gasteiger partial charge on any atom is 0.313 e. The highest BCUT2D eigenvalue weighted by Crippen LogP contribution is 2.28. The zero-order valence-electron chi connectivity index (χ0n) is 17.7. The van der Waals surface area contributed by atoms with E-state index in [-0.39, 0.29) is 6.04 Å². The number of anilines is 2. The fraction of sp³-hybridized carbons (Fsp3) is 0.391. The number of nitrogens with zero attached hydrogens (tertiary/aromatic N) is 1. The van der Waals surface area contributed by atoms with Crippen molar-refractivity contribution < 1.29 is 19.1 Å². The predicted molar refractivity (Wildman–Crippen MR) is 117 cm³/mol. The van der Waals surface area contributed by atoms with Crippen LogP contribution in [0, 0.1) is 6.92 Å². The number of amides is 2. The molecule has 7 nitrogen and oxygen atoms in total. The SMILES string of the molecule is CCOc1ccc(C)cc1C(C)NC(=O)C(=O)Nc1ccccc1N1CCOCC1. The minimum absolute atomic E-state index is 0.376. The molecule has 0 bridgehead atoms. The van der Waals surface area contributed by atoms with Crippen LogP contribution in [0.15, 0.2) is 42.5 Å². The molecular formula is C23H29N3O4. The van der Waals surface area contributed by atoms with Crippen LogP contribution in [0.4, 0.5) is 11.4 Å². The zero-order chi connectivity index (χ0) is 21.5. The molecule has 2 amide bonds. The third-order valence-corrected chi connectivity index (χ3v) is 4.99. The summed E-state index contributed by atoms with van der Waals surface area (Å²) in [5.74, 6) is -0.689. The van der Waals surface area contributed by atoms with Gasteiger partial charge < -0.3 is 25.0 Å². The van der Waals surface area contributed by atoms with E-state index in [1.807, 2.05) is 57.2 Å². The fourth-order valence-corrected chi connectivity index (χ4v) is 3.47. The van der Waals surface area contributed by atoms with Crippen LogP contribution < -0.4 is 20.3 Å². The highest BCUT2D eigenvalue weighted by Gasteiger charge is 2.22. The first-order chi connectivity index (χ1) is 14.5. The molecule has 2 N–H and O–H groups in total. The average Bonchev–Trinajstić information content (AvgIpc) is 2.76. The van der Waals surface area contributed by atoms with Gasteiger partial charge in [-0.05, 0) is 39.0 Å². The normalized spacial score (nSPS) is 14.7. The Morgan fingerprint density at radius 1 is 1.13 bits per heavy atom. The number of hydrogen-bond donors (Lipinski definition) is 2. The lowest BCUT2D eigenvalue weighted by Crippen LogP contribution is -2.39. The highest BCUT2D eigenvalue weighted by atomic mass is 16.5. The maximum absolute atomic E-state index is 12.6. The summed E-state index contributed by atoms with van der Waals surface area (Å²) in [7, 11) is 0. The molecule has 0 aromatic heterocycles. The van der Waals surface area contributed by atoms with E-state index in [1.165, 1.54) is 0 Å². The molecule has 0 aliphatic carbocycles. The van der Waals surface area contributed by atoms with E-state index in [0.29, 0.717) is 31.3 Å². The molecule has 7 heteroatoms. The van der Waals surface area contributed by atoms with Gasteiger partial charge in [0.25, 0.3) is 0 Å². The van der Waals surface area contributed by atoms with Gasteiger partial charge in [0.15, 0.2) is 0 Å².